The van der Waals surface area contributed by atoms with E-state index in [9.17, 15) is 14.4 Å². The Balaban J connectivity index is 2.05. The van der Waals surface area contributed by atoms with Gasteiger partial charge in [0, 0.05) is 16.6 Å². The van der Waals surface area contributed by atoms with Gasteiger partial charge in [0.25, 0.3) is 5.91 Å². The molecule has 144 valence electrons. The van der Waals surface area contributed by atoms with Crippen molar-refractivity contribution in [3.05, 3.63) is 39.9 Å². The molecule has 9 heteroatoms. The summed E-state index contributed by atoms with van der Waals surface area (Å²) >= 11 is 7.14. The average Bonchev–Trinajstić information content (AvgIpc) is 2.95. The van der Waals surface area contributed by atoms with E-state index >= 15 is 0 Å². The van der Waals surface area contributed by atoms with E-state index in [1.165, 1.54) is 6.92 Å². The highest BCUT2D eigenvalue weighted by Crippen LogP contribution is 2.30. The van der Waals surface area contributed by atoms with Crippen molar-refractivity contribution in [2.75, 3.05) is 0 Å². The molecule has 0 saturated carbocycles. The van der Waals surface area contributed by atoms with Crippen molar-refractivity contribution in [2.24, 2.45) is 0 Å². The minimum atomic E-state index is -1.13. The van der Waals surface area contributed by atoms with Gasteiger partial charge in [-0.05, 0) is 39.8 Å². The predicted molar refractivity (Wildman–Crippen MR) is 104 cm³/mol. The molecule has 0 unspecified atom stereocenters. The Bertz CT molecular complexity index is 866. The first-order chi connectivity index (χ1) is 12.7. The number of carbonyl (C=O) groups is 3. The second-order valence-electron chi connectivity index (χ2n) is 6.11. The quantitative estimate of drug-likeness (QED) is 0.736. The number of thiazole rings is 1. The van der Waals surface area contributed by atoms with Crippen molar-refractivity contribution in [2.45, 2.75) is 39.8 Å². The Morgan fingerprint density at radius 1 is 1.22 bits per heavy atom. The molecule has 1 aromatic carbocycles. The Morgan fingerprint density at radius 2 is 1.93 bits per heavy atom. The number of amides is 3. The van der Waals surface area contributed by atoms with Crippen LogP contribution in [-0.4, -0.2) is 35.0 Å². The van der Waals surface area contributed by atoms with Crippen molar-refractivity contribution >= 4 is 40.8 Å². The van der Waals surface area contributed by atoms with E-state index < -0.39 is 24.0 Å². The molecule has 0 aliphatic heterocycles. The number of esters is 1. The number of halogens is 1. The van der Waals surface area contributed by atoms with E-state index in [1.54, 1.807) is 39.0 Å². The van der Waals surface area contributed by atoms with E-state index in [-0.39, 0.29) is 10.9 Å². The van der Waals surface area contributed by atoms with E-state index in [1.807, 2.05) is 6.07 Å². The zero-order valence-electron chi connectivity index (χ0n) is 15.3. The van der Waals surface area contributed by atoms with Gasteiger partial charge in [0.2, 0.25) is 0 Å². The summed E-state index contributed by atoms with van der Waals surface area (Å²) in [6, 6.07) is 6.36. The lowest BCUT2D eigenvalue weighted by Crippen LogP contribution is -2.46. The molecule has 1 heterocycles. The molecule has 27 heavy (non-hydrogen) atoms. The molecule has 2 rings (SSSR count). The molecule has 0 fully saturated rings. The van der Waals surface area contributed by atoms with Crippen LogP contribution in [0.2, 0.25) is 5.02 Å². The molecule has 0 spiro atoms. The van der Waals surface area contributed by atoms with Crippen molar-refractivity contribution in [3.8, 4) is 10.6 Å². The molecular formula is C18H20ClN3O4S. The molecule has 3 amide bonds. The highest BCUT2D eigenvalue weighted by molar-refractivity contribution is 7.17. The summed E-state index contributed by atoms with van der Waals surface area (Å²) in [5.41, 5.74) is 1.27. The van der Waals surface area contributed by atoms with Crippen LogP contribution in [0.4, 0.5) is 4.79 Å². The maximum atomic E-state index is 12.4. The Kier molecular flexibility index (Phi) is 6.92. The molecule has 1 atom stereocenters. The smallest absolute Gasteiger partial charge is 0.351 e. The SMILES string of the molecule is Cc1nc(-c2cccc(Cl)c2)sc1C(=O)O[C@H](C)C(=O)NC(=O)NC(C)C. The van der Waals surface area contributed by atoms with E-state index in [0.717, 1.165) is 16.9 Å². The van der Waals surface area contributed by atoms with Gasteiger partial charge in [0.15, 0.2) is 6.10 Å². The summed E-state index contributed by atoms with van der Waals surface area (Å²) in [5.74, 6) is -1.39. The molecule has 0 saturated heterocycles. The van der Waals surface area contributed by atoms with Crippen LogP contribution in [0, 0.1) is 6.92 Å². The minimum Gasteiger partial charge on any atom is -0.448 e. The first-order valence-electron chi connectivity index (χ1n) is 8.23. The fourth-order valence-electron chi connectivity index (χ4n) is 2.11. The third-order valence-electron chi connectivity index (χ3n) is 3.36. The first-order valence-corrected chi connectivity index (χ1v) is 9.42. The van der Waals surface area contributed by atoms with Gasteiger partial charge in [-0.3, -0.25) is 10.1 Å². The monoisotopic (exact) mass is 409 g/mol. The van der Waals surface area contributed by atoms with Gasteiger partial charge >= 0.3 is 12.0 Å². The zero-order chi connectivity index (χ0) is 20.1. The number of carbonyl (C=O) groups excluding carboxylic acids is 3. The van der Waals surface area contributed by atoms with Crippen LogP contribution in [-0.2, 0) is 9.53 Å². The van der Waals surface area contributed by atoms with Gasteiger partial charge in [-0.2, -0.15) is 0 Å². The van der Waals surface area contributed by atoms with E-state index in [2.05, 4.69) is 15.6 Å². The Hall–Kier alpha value is -2.45. The van der Waals surface area contributed by atoms with Crippen LogP contribution < -0.4 is 10.6 Å². The lowest BCUT2D eigenvalue weighted by molar-refractivity contribution is -0.127. The normalized spacial score (nSPS) is 11.8. The fraction of sp³-hybridized carbons (Fsp3) is 0.333. The summed E-state index contributed by atoms with van der Waals surface area (Å²) in [6.45, 7) is 6.60. The third kappa shape index (κ3) is 5.77. The highest BCUT2D eigenvalue weighted by Gasteiger charge is 2.24. The summed E-state index contributed by atoms with van der Waals surface area (Å²) in [5, 5.41) is 5.83. The largest absolute Gasteiger partial charge is 0.448 e. The van der Waals surface area contributed by atoms with Crippen molar-refractivity contribution in [3.63, 3.8) is 0 Å². The fourth-order valence-corrected chi connectivity index (χ4v) is 3.25. The lowest BCUT2D eigenvalue weighted by atomic mass is 10.2. The van der Waals surface area contributed by atoms with Crippen LogP contribution in [0.1, 0.15) is 36.1 Å². The van der Waals surface area contributed by atoms with Crippen molar-refractivity contribution < 1.29 is 19.1 Å². The average molecular weight is 410 g/mol. The number of urea groups is 1. The lowest BCUT2D eigenvalue weighted by Gasteiger charge is -2.14. The molecule has 7 nitrogen and oxygen atoms in total. The molecule has 1 aromatic heterocycles. The van der Waals surface area contributed by atoms with Crippen LogP contribution >= 0.6 is 22.9 Å². The number of nitrogens with zero attached hydrogens (tertiary/aromatic N) is 1. The third-order valence-corrected chi connectivity index (χ3v) is 4.78. The van der Waals surface area contributed by atoms with Gasteiger partial charge < -0.3 is 10.1 Å². The van der Waals surface area contributed by atoms with Gasteiger partial charge in [0.05, 0.1) is 5.69 Å². The number of imide groups is 1. The van der Waals surface area contributed by atoms with Crippen LogP contribution in [0.5, 0.6) is 0 Å². The highest BCUT2D eigenvalue weighted by atomic mass is 35.5. The number of hydrogen-bond donors (Lipinski definition) is 2. The van der Waals surface area contributed by atoms with Gasteiger partial charge in [-0.1, -0.05) is 23.7 Å². The standard InChI is InChI=1S/C18H20ClN3O4S/c1-9(2)20-18(25)22-15(23)11(4)26-17(24)14-10(3)21-16(27-14)12-6-5-7-13(19)8-12/h5-9,11H,1-4H3,(H2,20,22,23,25)/t11-/m1/s1. The van der Waals surface area contributed by atoms with E-state index in [0.29, 0.717) is 15.7 Å². The van der Waals surface area contributed by atoms with Gasteiger partial charge in [0.1, 0.15) is 9.88 Å². The second kappa shape index (κ2) is 8.96. The van der Waals surface area contributed by atoms with Crippen molar-refractivity contribution in [1.82, 2.24) is 15.6 Å². The molecule has 2 aromatic rings. The van der Waals surface area contributed by atoms with Crippen LogP contribution in [0.25, 0.3) is 10.6 Å². The number of hydrogen-bond acceptors (Lipinski definition) is 6. The molecule has 0 bridgehead atoms. The van der Waals surface area contributed by atoms with E-state index in [4.69, 9.17) is 16.3 Å². The topological polar surface area (TPSA) is 97.4 Å². The number of aryl methyl sites for hydroxylation is 1. The molecule has 2 N–H and O–H groups in total. The number of rotatable bonds is 5. The summed E-state index contributed by atoms with van der Waals surface area (Å²) in [6.07, 6.45) is -1.13. The maximum Gasteiger partial charge on any atom is 0.351 e. The molecule has 0 aliphatic carbocycles. The summed E-state index contributed by atoms with van der Waals surface area (Å²) in [4.78, 5) is 40.6. The number of nitrogens with one attached hydrogen (secondary N) is 2. The number of aromatic nitrogens is 1. The maximum absolute atomic E-state index is 12.4. The Morgan fingerprint density at radius 3 is 2.56 bits per heavy atom. The van der Waals surface area contributed by atoms with Crippen LogP contribution in [0.3, 0.4) is 0 Å². The first kappa shape index (κ1) is 20.9. The molecule has 0 radical (unpaired) electrons. The van der Waals surface area contributed by atoms with Gasteiger partial charge in [-0.15, -0.1) is 11.3 Å². The number of ether oxygens (including phenoxy) is 1. The second-order valence-corrected chi connectivity index (χ2v) is 7.54. The Labute approximate surface area is 166 Å². The minimum absolute atomic E-state index is 0.125. The zero-order valence-corrected chi connectivity index (χ0v) is 16.9. The summed E-state index contributed by atoms with van der Waals surface area (Å²) < 4.78 is 5.17. The van der Waals surface area contributed by atoms with Crippen molar-refractivity contribution in [1.29, 1.82) is 0 Å². The number of benzene rings is 1. The molecule has 0 aliphatic rings. The van der Waals surface area contributed by atoms with Crippen LogP contribution in [0.15, 0.2) is 24.3 Å². The molecular weight excluding hydrogens is 390 g/mol. The van der Waals surface area contributed by atoms with Gasteiger partial charge in [-0.25, -0.2) is 14.6 Å². The summed E-state index contributed by atoms with van der Waals surface area (Å²) in [7, 11) is 0. The predicted octanol–water partition coefficient (Wildman–Crippen LogP) is 3.55.